The van der Waals surface area contributed by atoms with Crippen LogP contribution in [0.15, 0.2) is 30.6 Å². The van der Waals surface area contributed by atoms with Crippen LogP contribution < -0.4 is 5.32 Å². The van der Waals surface area contributed by atoms with E-state index in [1.54, 1.807) is 24.6 Å². The third kappa shape index (κ3) is 3.13. The molecule has 1 aliphatic rings. The molecular weight excluding hydrogens is 321 g/mol. The second-order valence-corrected chi connectivity index (χ2v) is 6.06. The smallest absolute Gasteiger partial charge is 0.346 e. The van der Waals surface area contributed by atoms with Gasteiger partial charge in [0.25, 0.3) is 0 Å². The lowest BCUT2D eigenvalue weighted by Crippen LogP contribution is -2.30. The summed E-state index contributed by atoms with van der Waals surface area (Å²) in [6, 6.07) is 5.08. The van der Waals surface area contributed by atoms with Gasteiger partial charge in [-0.25, -0.2) is 0 Å². The van der Waals surface area contributed by atoms with Crippen LogP contribution in [-0.4, -0.2) is 20.7 Å². The van der Waals surface area contributed by atoms with Gasteiger partial charge in [-0.05, 0) is 30.9 Å². The molecule has 1 aromatic heterocycles. The Bertz CT molecular complexity index is 756. The molecule has 8 heteroatoms. The van der Waals surface area contributed by atoms with Crippen molar-refractivity contribution in [2.75, 3.05) is 0 Å². The Hall–Kier alpha value is -2.38. The second kappa shape index (κ2) is 5.92. The van der Waals surface area contributed by atoms with E-state index in [-0.39, 0.29) is 17.5 Å². The van der Waals surface area contributed by atoms with Crippen LogP contribution >= 0.6 is 0 Å². The Labute approximate surface area is 136 Å². The SMILES string of the molecule is C[C@H](NC(=O)[C@H]1C[C@H]1c1ccccc1C(F)(F)F)c1nncn1C. The Kier molecular flexibility index (Phi) is 4.06. The first-order valence-electron chi connectivity index (χ1n) is 7.59. The number of aryl methyl sites for hydroxylation is 1. The van der Waals surface area contributed by atoms with Crippen molar-refractivity contribution in [2.24, 2.45) is 13.0 Å². The molecule has 0 aliphatic heterocycles. The summed E-state index contributed by atoms with van der Waals surface area (Å²) < 4.78 is 40.9. The molecule has 0 saturated heterocycles. The Morgan fingerprint density at radius 3 is 2.71 bits per heavy atom. The van der Waals surface area contributed by atoms with Crippen LogP contribution in [0, 0.1) is 5.92 Å². The molecule has 1 aliphatic carbocycles. The highest BCUT2D eigenvalue weighted by molar-refractivity contribution is 5.83. The van der Waals surface area contributed by atoms with Crippen LogP contribution in [0.4, 0.5) is 13.2 Å². The molecule has 1 N–H and O–H groups in total. The van der Waals surface area contributed by atoms with Gasteiger partial charge in [-0.2, -0.15) is 13.2 Å². The van der Waals surface area contributed by atoms with Crippen molar-refractivity contribution < 1.29 is 18.0 Å². The van der Waals surface area contributed by atoms with Gasteiger partial charge in [-0.15, -0.1) is 10.2 Å². The Morgan fingerprint density at radius 2 is 2.08 bits per heavy atom. The number of benzene rings is 1. The molecule has 0 radical (unpaired) electrons. The van der Waals surface area contributed by atoms with Crippen LogP contribution in [0.3, 0.4) is 0 Å². The summed E-state index contributed by atoms with van der Waals surface area (Å²) in [5.41, 5.74) is -0.469. The predicted molar refractivity (Wildman–Crippen MR) is 79.9 cm³/mol. The summed E-state index contributed by atoms with van der Waals surface area (Å²) in [7, 11) is 1.76. The zero-order chi connectivity index (χ0) is 17.5. The number of amides is 1. The maximum absolute atomic E-state index is 13.1. The summed E-state index contributed by atoms with van der Waals surface area (Å²) >= 11 is 0. The van der Waals surface area contributed by atoms with Gasteiger partial charge in [0.15, 0.2) is 5.82 Å². The van der Waals surface area contributed by atoms with E-state index >= 15 is 0 Å². The molecule has 5 nitrogen and oxygen atoms in total. The van der Waals surface area contributed by atoms with Crippen LogP contribution in [0.2, 0.25) is 0 Å². The second-order valence-electron chi connectivity index (χ2n) is 6.06. The third-order valence-electron chi connectivity index (χ3n) is 4.29. The van der Waals surface area contributed by atoms with Crippen molar-refractivity contribution >= 4 is 5.91 Å². The van der Waals surface area contributed by atoms with Crippen LogP contribution in [0.25, 0.3) is 0 Å². The van der Waals surface area contributed by atoms with Crippen molar-refractivity contribution in [1.29, 1.82) is 0 Å². The number of hydrogen-bond acceptors (Lipinski definition) is 3. The molecule has 24 heavy (non-hydrogen) atoms. The van der Waals surface area contributed by atoms with Crippen molar-refractivity contribution in [3.63, 3.8) is 0 Å². The number of hydrogen-bond donors (Lipinski definition) is 1. The molecule has 3 atom stereocenters. The maximum Gasteiger partial charge on any atom is 0.416 e. The zero-order valence-corrected chi connectivity index (χ0v) is 13.2. The third-order valence-corrected chi connectivity index (χ3v) is 4.29. The van der Waals surface area contributed by atoms with Crippen LogP contribution in [0.5, 0.6) is 0 Å². The van der Waals surface area contributed by atoms with Crippen LogP contribution in [0.1, 0.15) is 42.3 Å². The van der Waals surface area contributed by atoms with E-state index in [4.69, 9.17) is 0 Å². The fourth-order valence-electron chi connectivity index (χ4n) is 2.98. The van der Waals surface area contributed by atoms with Gasteiger partial charge in [0.2, 0.25) is 5.91 Å². The molecule has 0 bridgehead atoms. The fourth-order valence-corrected chi connectivity index (χ4v) is 2.98. The monoisotopic (exact) mass is 338 g/mol. The lowest BCUT2D eigenvalue weighted by atomic mass is 10.0. The van der Waals surface area contributed by atoms with Crippen molar-refractivity contribution in [1.82, 2.24) is 20.1 Å². The molecular formula is C16H17F3N4O. The highest BCUT2D eigenvalue weighted by Gasteiger charge is 2.48. The maximum atomic E-state index is 13.1. The molecule has 128 valence electrons. The van der Waals surface area contributed by atoms with Crippen molar-refractivity contribution in [3.8, 4) is 0 Å². The lowest BCUT2D eigenvalue weighted by Gasteiger charge is -2.14. The minimum Gasteiger partial charge on any atom is -0.346 e. The number of carbonyl (C=O) groups excluding carboxylic acids is 1. The number of rotatable bonds is 4. The number of halogens is 3. The zero-order valence-electron chi connectivity index (χ0n) is 13.2. The first-order valence-corrected chi connectivity index (χ1v) is 7.59. The van der Waals surface area contributed by atoms with Gasteiger partial charge >= 0.3 is 6.18 Å². The Morgan fingerprint density at radius 1 is 1.38 bits per heavy atom. The summed E-state index contributed by atoms with van der Waals surface area (Å²) in [5.74, 6) is -0.498. The van der Waals surface area contributed by atoms with Crippen molar-refractivity contribution in [2.45, 2.75) is 31.5 Å². The first kappa shape index (κ1) is 16.5. The van der Waals surface area contributed by atoms with E-state index in [1.807, 2.05) is 0 Å². The summed E-state index contributed by atoms with van der Waals surface area (Å²) in [4.78, 5) is 12.3. The van der Waals surface area contributed by atoms with E-state index in [9.17, 15) is 18.0 Å². The van der Waals surface area contributed by atoms with E-state index in [0.717, 1.165) is 6.07 Å². The minimum absolute atomic E-state index is 0.191. The minimum atomic E-state index is -4.41. The van der Waals surface area contributed by atoms with Gasteiger partial charge in [0.1, 0.15) is 6.33 Å². The molecule has 2 aromatic rings. The number of nitrogens with one attached hydrogen (secondary N) is 1. The first-order chi connectivity index (χ1) is 11.3. The average molecular weight is 338 g/mol. The molecule has 0 spiro atoms. The molecule has 1 saturated carbocycles. The standard InChI is InChI=1S/C16H17F3N4O/c1-9(14-22-20-8-23(14)2)21-15(24)12-7-11(12)10-5-3-4-6-13(10)16(17,18)19/h3-6,8-9,11-12H,7H2,1-2H3,(H,21,24)/t9-,11-,12-/m0/s1. The summed E-state index contributed by atoms with van der Waals surface area (Å²) in [6.45, 7) is 1.77. The van der Waals surface area contributed by atoms with Gasteiger partial charge in [-0.3, -0.25) is 4.79 Å². The van der Waals surface area contributed by atoms with E-state index in [0.29, 0.717) is 12.2 Å². The molecule has 3 rings (SSSR count). The topological polar surface area (TPSA) is 59.8 Å². The fraction of sp³-hybridized carbons (Fsp3) is 0.438. The molecule has 1 fully saturated rings. The predicted octanol–water partition coefficient (Wildman–Crippen LogP) is 2.81. The molecule has 1 heterocycles. The lowest BCUT2D eigenvalue weighted by molar-refractivity contribution is -0.138. The largest absolute Gasteiger partial charge is 0.416 e. The number of nitrogens with zero attached hydrogens (tertiary/aromatic N) is 3. The highest BCUT2D eigenvalue weighted by Crippen LogP contribution is 2.51. The van der Waals surface area contributed by atoms with Crippen molar-refractivity contribution in [3.05, 3.63) is 47.5 Å². The van der Waals surface area contributed by atoms with Gasteiger partial charge < -0.3 is 9.88 Å². The normalized spacial score (nSPS) is 21.4. The van der Waals surface area contributed by atoms with Crippen LogP contribution in [-0.2, 0) is 18.0 Å². The number of alkyl halides is 3. The average Bonchev–Trinajstić information content (AvgIpc) is 3.21. The molecule has 1 amide bonds. The quantitative estimate of drug-likeness (QED) is 0.932. The molecule has 0 unspecified atom stereocenters. The number of carbonyl (C=O) groups is 1. The summed E-state index contributed by atoms with van der Waals surface area (Å²) in [5, 5.41) is 10.5. The Balaban J connectivity index is 1.70. The van der Waals surface area contributed by atoms with Gasteiger partial charge in [0.05, 0.1) is 11.6 Å². The van der Waals surface area contributed by atoms with E-state index < -0.39 is 23.6 Å². The molecule has 1 aromatic carbocycles. The summed E-state index contributed by atoms with van der Waals surface area (Å²) in [6.07, 6.45) is -2.46. The van der Waals surface area contributed by atoms with E-state index in [2.05, 4.69) is 15.5 Å². The highest BCUT2D eigenvalue weighted by atomic mass is 19.4. The van der Waals surface area contributed by atoms with E-state index in [1.165, 1.54) is 18.5 Å². The number of aromatic nitrogens is 3. The van der Waals surface area contributed by atoms with Gasteiger partial charge in [0, 0.05) is 13.0 Å². The van der Waals surface area contributed by atoms with Gasteiger partial charge in [-0.1, -0.05) is 18.2 Å².